The molecule has 17 heteroatoms. The van der Waals surface area contributed by atoms with Gasteiger partial charge in [-0.25, -0.2) is 4.79 Å². The third-order valence-corrected chi connectivity index (χ3v) is 11.0. The molecule has 0 saturated carbocycles. The lowest BCUT2D eigenvalue weighted by Crippen LogP contribution is -2.60. The second kappa shape index (κ2) is 24.8. The number of nitrogens with one attached hydrogen (secondary N) is 7. The molecule has 14 N–H and O–H groups in total. The summed E-state index contributed by atoms with van der Waals surface area (Å²) in [6, 6.07) is 8.28. The van der Waals surface area contributed by atoms with Crippen LogP contribution in [0.25, 0.3) is 21.8 Å². The molecule has 0 aliphatic rings. The number of hydrogen-bond acceptors (Lipinski definition) is 9. The first-order chi connectivity index (χ1) is 30.1. The fraction of sp³-hybridized carbons (Fsp3) is 0.522. The van der Waals surface area contributed by atoms with Gasteiger partial charge in [-0.1, -0.05) is 70.5 Å². The molecule has 2 aromatic heterocycles. The van der Waals surface area contributed by atoms with E-state index in [-0.39, 0.29) is 43.9 Å². The molecule has 63 heavy (non-hydrogen) atoms. The van der Waals surface area contributed by atoms with E-state index in [9.17, 15) is 33.9 Å². The number of carboxylic acids is 1. The summed E-state index contributed by atoms with van der Waals surface area (Å²) in [4.78, 5) is 88.6. The highest BCUT2D eigenvalue weighted by Crippen LogP contribution is 2.21. The van der Waals surface area contributed by atoms with Crippen molar-refractivity contribution in [3.05, 3.63) is 72.1 Å². The van der Waals surface area contributed by atoms with Gasteiger partial charge in [-0.3, -0.25) is 24.0 Å². The molecule has 0 aliphatic heterocycles. The van der Waals surface area contributed by atoms with Gasteiger partial charge in [0.25, 0.3) is 0 Å². The number of aliphatic carboxylic acids is 1. The summed E-state index contributed by atoms with van der Waals surface area (Å²) < 4.78 is 0. The predicted octanol–water partition coefficient (Wildman–Crippen LogP) is 2.62. The molecular weight excluding hydrogens is 805 g/mol. The summed E-state index contributed by atoms with van der Waals surface area (Å²) in [6.45, 7) is 8.39. The van der Waals surface area contributed by atoms with Gasteiger partial charge in [-0.05, 0) is 93.1 Å². The fourth-order valence-electron chi connectivity index (χ4n) is 7.63. The van der Waals surface area contributed by atoms with E-state index in [1.54, 1.807) is 12.4 Å². The SMILES string of the molecule is CC(C)C[C@@H](NC(=O)[C@H](Cc1c[nH]c2ccccc12)NC(=O)[C@@H](CC(C)C)NC(=O)[C@H](CCCCN)NC(=O)[C@H](N)CCCCN)C(=O)N[C@@H](Cc1c[nH]c2ccccc12)C(=O)O. The van der Waals surface area contributed by atoms with Gasteiger partial charge >= 0.3 is 5.97 Å². The number of aromatic nitrogens is 2. The van der Waals surface area contributed by atoms with Crippen LogP contribution in [0.1, 0.15) is 90.2 Å². The van der Waals surface area contributed by atoms with E-state index in [1.807, 2.05) is 76.2 Å². The van der Waals surface area contributed by atoms with Crippen LogP contribution in [0.15, 0.2) is 60.9 Å². The number of hydrogen-bond donors (Lipinski definition) is 11. The first-order valence-electron chi connectivity index (χ1n) is 22.1. The van der Waals surface area contributed by atoms with Crippen molar-refractivity contribution in [3.63, 3.8) is 0 Å². The summed E-state index contributed by atoms with van der Waals surface area (Å²) >= 11 is 0. The lowest BCUT2D eigenvalue weighted by Gasteiger charge is -2.28. The topological polar surface area (TPSA) is 292 Å². The zero-order valence-electron chi connectivity index (χ0n) is 37.0. The smallest absolute Gasteiger partial charge is 0.326 e. The highest BCUT2D eigenvalue weighted by atomic mass is 16.4. The Bertz CT molecular complexity index is 2130. The summed E-state index contributed by atoms with van der Waals surface area (Å²) in [6.07, 6.45) is 6.99. The maximum Gasteiger partial charge on any atom is 0.326 e. The van der Waals surface area contributed by atoms with Gasteiger partial charge in [-0.15, -0.1) is 0 Å². The Balaban J connectivity index is 1.58. The van der Waals surface area contributed by atoms with Crippen molar-refractivity contribution in [2.45, 2.75) is 128 Å². The molecule has 0 bridgehead atoms. The average Bonchev–Trinajstić information content (AvgIpc) is 3.85. The van der Waals surface area contributed by atoms with Gasteiger partial charge in [0, 0.05) is 47.0 Å². The van der Waals surface area contributed by atoms with Crippen LogP contribution in [0, 0.1) is 11.8 Å². The minimum atomic E-state index is -1.30. The molecule has 0 aliphatic carbocycles. The van der Waals surface area contributed by atoms with Gasteiger partial charge in [0.1, 0.15) is 30.2 Å². The van der Waals surface area contributed by atoms with Crippen molar-refractivity contribution in [2.75, 3.05) is 13.1 Å². The molecule has 4 rings (SSSR count). The van der Waals surface area contributed by atoms with Gasteiger partial charge in [0.15, 0.2) is 0 Å². The number of para-hydroxylation sites is 2. The van der Waals surface area contributed by atoms with Crippen LogP contribution < -0.4 is 43.8 Å². The van der Waals surface area contributed by atoms with Crippen LogP contribution in [0.5, 0.6) is 0 Å². The van der Waals surface area contributed by atoms with Crippen LogP contribution in [0.3, 0.4) is 0 Å². The number of unbranched alkanes of at least 4 members (excludes halogenated alkanes) is 2. The lowest BCUT2D eigenvalue weighted by molar-refractivity contribution is -0.142. The van der Waals surface area contributed by atoms with Crippen LogP contribution in [-0.4, -0.2) is 99.9 Å². The van der Waals surface area contributed by atoms with Gasteiger partial charge < -0.3 is 58.9 Å². The second-order valence-corrected chi connectivity index (χ2v) is 17.2. The number of aromatic amines is 2. The first-order valence-corrected chi connectivity index (χ1v) is 22.1. The molecular formula is C46H68N10O7. The maximum atomic E-state index is 14.5. The van der Waals surface area contributed by atoms with Crippen molar-refractivity contribution in [1.29, 1.82) is 0 Å². The Morgan fingerprint density at radius 1 is 0.540 bits per heavy atom. The minimum Gasteiger partial charge on any atom is -0.480 e. The van der Waals surface area contributed by atoms with E-state index in [0.717, 1.165) is 27.4 Å². The molecule has 17 nitrogen and oxygen atoms in total. The second-order valence-electron chi connectivity index (χ2n) is 17.2. The standard InChI is InChI=1S/C46H68N10O7/c1-27(2)21-37(53-42(58)36(18-10-12-20-48)52-41(57)33(49)15-9-11-19-47)43(59)55-39(23-29-25-50-34-16-7-5-13-31(29)34)45(61)54-38(22-28(3)4)44(60)56-40(46(62)63)24-30-26-51-35-17-8-6-14-32(30)35/h5-8,13-14,16-17,25-28,33,36-40,50-51H,9-12,15,18-24,47-49H2,1-4H3,(H,52,57)(H,53,58)(H,54,61)(H,55,59)(H,56,60)(H,62,63)/t33-,36+,37-,38-,39+,40+/m1/s1. The molecule has 0 spiro atoms. The summed E-state index contributed by atoms with van der Waals surface area (Å²) in [5, 5.41) is 25.8. The Morgan fingerprint density at radius 3 is 1.41 bits per heavy atom. The Morgan fingerprint density at radius 2 is 0.937 bits per heavy atom. The van der Waals surface area contributed by atoms with Gasteiger partial charge in [-0.2, -0.15) is 0 Å². The van der Waals surface area contributed by atoms with Crippen LogP contribution >= 0.6 is 0 Å². The van der Waals surface area contributed by atoms with E-state index < -0.39 is 71.8 Å². The number of fused-ring (bicyclic) bond motifs is 2. The first kappa shape index (κ1) is 49.9. The maximum absolute atomic E-state index is 14.5. The predicted molar refractivity (Wildman–Crippen MR) is 244 cm³/mol. The lowest BCUT2D eigenvalue weighted by atomic mass is 9.98. The third kappa shape index (κ3) is 15.2. The number of amides is 5. The number of benzene rings is 2. The van der Waals surface area contributed by atoms with Crippen LogP contribution in [0.4, 0.5) is 0 Å². The van der Waals surface area contributed by atoms with E-state index >= 15 is 0 Å². The molecule has 0 saturated heterocycles. The van der Waals surface area contributed by atoms with Crippen molar-refractivity contribution in [1.82, 2.24) is 36.6 Å². The van der Waals surface area contributed by atoms with Crippen molar-refractivity contribution < 1.29 is 33.9 Å². The third-order valence-electron chi connectivity index (χ3n) is 11.0. The number of nitrogens with two attached hydrogens (primary N) is 3. The molecule has 4 aromatic rings. The van der Waals surface area contributed by atoms with E-state index in [2.05, 4.69) is 36.6 Å². The minimum absolute atomic E-state index is 0.00517. The molecule has 0 unspecified atom stereocenters. The molecule has 6 atom stereocenters. The number of carboxylic acid groups (broad SMARTS) is 1. The van der Waals surface area contributed by atoms with Crippen LogP contribution in [-0.2, 0) is 41.6 Å². The van der Waals surface area contributed by atoms with Crippen molar-refractivity contribution in [2.24, 2.45) is 29.0 Å². The quantitative estimate of drug-likeness (QED) is 0.0390. The van der Waals surface area contributed by atoms with Crippen LogP contribution in [0.2, 0.25) is 0 Å². The Kier molecular flexibility index (Phi) is 19.6. The van der Waals surface area contributed by atoms with E-state index in [0.29, 0.717) is 50.8 Å². The largest absolute Gasteiger partial charge is 0.480 e. The molecule has 2 heterocycles. The summed E-state index contributed by atoms with van der Waals surface area (Å²) in [5.74, 6) is -4.49. The van der Waals surface area contributed by atoms with Crippen molar-refractivity contribution >= 4 is 57.3 Å². The zero-order valence-corrected chi connectivity index (χ0v) is 37.0. The average molecular weight is 873 g/mol. The number of rotatable bonds is 27. The number of carbonyl (C=O) groups is 6. The Hall–Kier alpha value is -5.78. The highest BCUT2D eigenvalue weighted by Gasteiger charge is 2.34. The van der Waals surface area contributed by atoms with Crippen molar-refractivity contribution in [3.8, 4) is 0 Å². The molecule has 0 radical (unpaired) electrons. The molecule has 344 valence electrons. The number of carbonyl (C=O) groups excluding carboxylic acids is 5. The summed E-state index contributed by atoms with van der Waals surface area (Å²) in [5.41, 5.74) is 20.5. The van der Waals surface area contributed by atoms with Gasteiger partial charge in [0.05, 0.1) is 6.04 Å². The fourth-order valence-corrected chi connectivity index (χ4v) is 7.63. The highest BCUT2D eigenvalue weighted by molar-refractivity contribution is 5.97. The van der Waals surface area contributed by atoms with E-state index in [1.165, 1.54) is 0 Å². The zero-order chi connectivity index (χ0) is 46.1. The molecule has 2 aromatic carbocycles. The monoisotopic (exact) mass is 873 g/mol. The normalized spacial score (nSPS) is 14.4. The summed E-state index contributed by atoms with van der Waals surface area (Å²) in [7, 11) is 0. The Labute approximate surface area is 369 Å². The molecule has 0 fully saturated rings. The van der Waals surface area contributed by atoms with Gasteiger partial charge in [0.2, 0.25) is 29.5 Å². The number of H-pyrrole nitrogens is 2. The van der Waals surface area contributed by atoms with E-state index in [4.69, 9.17) is 17.2 Å². The molecule has 5 amide bonds.